The Morgan fingerprint density at radius 1 is 1.46 bits per heavy atom. The fourth-order valence-corrected chi connectivity index (χ4v) is 0.872. The summed E-state index contributed by atoms with van der Waals surface area (Å²) in [5.41, 5.74) is 1.14. The van der Waals surface area contributed by atoms with Crippen molar-refractivity contribution in [3.8, 4) is 0 Å². The number of aryl methyl sites for hydroxylation is 1. The lowest BCUT2D eigenvalue weighted by Crippen LogP contribution is -2.07. The van der Waals surface area contributed by atoms with Gasteiger partial charge in [-0.15, -0.1) is 0 Å². The molecule has 0 bridgehead atoms. The van der Waals surface area contributed by atoms with Crippen LogP contribution in [0.15, 0.2) is 18.3 Å². The first-order valence-electron chi connectivity index (χ1n) is 3.77. The van der Waals surface area contributed by atoms with Crippen LogP contribution >= 0.6 is 0 Å². The molecule has 4 heteroatoms. The van der Waals surface area contributed by atoms with Crippen LogP contribution in [0.1, 0.15) is 22.5 Å². The van der Waals surface area contributed by atoms with E-state index in [-0.39, 0.29) is 0 Å². The first-order valence-corrected chi connectivity index (χ1v) is 3.77. The summed E-state index contributed by atoms with van der Waals surface area (Å²) >= 11 is 0. The van der Waals surface area contributed by atoms with Crippen LogP contribution in [-0.2, 0) is 4.79 Å². The number of ketones is 1. The number of aromatic nitrogens is 1. The molecule has 0 fully saturated rings. The van der Waals surface area contributed by atoms with Crippen LogP contribution in [0, 0.1) is 6.92 Å². The highest BCUT2D eigenvalue weighted by molar-refractivity contribution is 6.05. The Bertz CT molecular complexity index is 329. The maximum atomic E-state index is 11.1. The van der Waals surface area contributed by atoms with E-state index in [4.69, 9.17) is 5.11 Å². The minimum Gasteiger partial charge on any atom is -0.481 e. The van der Waals surface area contributed by atoms with Crippen molar-refractivity contribution < 1.29 is 14.7 Å². The summed E-state index contributed by atoms with van der Waals surface area (Å²) in [6, 6.07) is 3.25. The number of hydrogen-bond donors (Lipinski definition) is 1. The monoisotopic (exact) mass is 179 g/mol. The van der Waals surface area contributed by atoms with E-state index in [1.165, 1.54) is 6.20 Å². The summed E-state index contributed by atoms with van der Waals surface area (Å²) in [7, 11) is 0. The van der Waals surface area contributed by atoms with E-state index in [2.05, 4.69) is 4.98 Å². The molecule has 1 heterocycles. The third-order valence-electron chi connectivity index (χ3n) is 1.55. The maximum absolute atomic E-state index is 11.1. The molecule has 0 aliphatic heterocycles. The van der Waals surface area contributed by atoms with E-state index >= 15 is 0 Å². The lowest BCUT2D eigenvalue weighted by molar-refractivity contribution is -0.135. The van der Waals surface area contributed by atoms with Gasteiger partial charge in [-0.05, 0) is 19.1 Å². The Hall–Kier alpha value is -1.71. The molecular weight excluding hydrogens is 170 g/mol. The highest BCUT2D eigenvalue weighted by atomic mass is 16.4. The molecule has 1 rings (SSSR count). The molecule has 0 aliphatic rings. The van der Waals surface area contributed by atoms with Crippen molar-refractivity contribution in [1.82, 2.24) is 4.98 Å². The van der Waals surface area contributed by atoms with E-state index < -0.39 is 18.2 Å². The van der Waals surface area contributed by atoms with Crippen molar-refractivity contribution in [2.45, 2.75) is 13.3 Å². The maximum Gasteiger partial charge on any atom is 0.311 e. The van der Waals surface area contributed by atoms with Crippen LogP contribution in [0.2, 0.25) is 0 Å². The molecule has 0 aliphatic carbocycles. The lowest BCUT2D eigenvalue weighted by atomic mass is 10.1. The molecule has 0 aromatic carbocycles. The zero-order chi connectivity index (χ0) is 9.84. The zero-order valence-electron chi connectivity index (χ0n) is 7.15. The highest BCUT2D eigenvalue weighted by Gasteiger charge is 2.09. The van der Waals surface area contributed by atoms with E-state index in [0.717, 1.165) is 5.69 Å². The van der Waals surface area contributed by atoms with Crippen molar-refractivity contribution in [3.05, 3.63) is 29.6 Å². The first-order chi connectivity index (χ1) is 6.09. The van der Waals surface area contributed by atoms with E-state index in [1.54, 1.807) is 19.1 Å². The number of aliphatic carboxylic acids is 1. The van der Waals surface area contributed by atoms with Crippen molar-refractivity contribution in [2.24, 2.45) is 0 Å². The number of rotatable bonds is 3. The van der Waals surface area contributed by atoms with Gasteiger partial charge < -0.3 is 5.11 Å². The number of hydrogen-bond acceptors (Lipinski definition) is 3. The second kappa shape index (κ2) is 3.80. The second-order valence-electron chi connectivity index (χ2n) is 2.68. The van der Waals surface area contributed by atoms with E-state index in [9.17, 15) is 9.59 Å². The van der Waals surface area contributed by atoms with Gasteiger partial charge in [0, 0.05) is 17.5 Å². The second-order valence-corrected chi connectivity index (χ2v) is 2.68. The van der Waals surface area contributed by atoms with Crippen molar-refractivity contribution in [2.75, 3.05) is 0 Å². The van der Waals surface area contributed by atoms with Gasteiger partial charge in [-0.3, -0.25) is 14.6 Å². The summed E-state index contributed by atoms with van der Waals surface area (Å²) < 4.78 is 0. The SMILES string of the molecule is Cc1ccc(C(=O)CC(=O)O)cn1. The molecule has 0 saturated carbocycles. The molecule has 4 nitrogen and oxygen atoms in total. The molecule has 0 saturated heterocycles. The molecule has 1 aromatic heterocycles. The van der Waals surface area contributed by atoms with Gasteiger partial charge in [-0.1, -0.05) is 0 Å². The highest BCUT2D eigenvalue weighted by Crippen LogP contribution is 2.02. The van der Waals surface area contributed by atoms with Gasteiger partial charge in [0.15, 0.2) is 5.78 Å². The lowest BCUT2D eigenvalue weighted by Gasteiger charge is -1.97. The summed E-state index contributed by atoms with van der Waals surface area (Å²) in [4.78, 5) is 25.2. The van der Waals surface area contributed by atoms with E-state index in [0.29, 0.717) is 5.56 Å². The van der Waals surface area contributed by atoms with Gasteiger partial charge in [0.1, 0.15) is 6.42 Å². The number of nitrogens with zero attached hydrogens (tertiary/aromatic N) is 1. The largest absolute Gasteiger partial charge is 0.481 e. The molecule has 0 amide bonds. The Kier molecular flexibility index (Phi) is 2.74. The zero-order valence-corrected chi connectivity index (χ0v) is 7.15. The average molecular weight is 179 g/mol. The third-order valence-corrected chi connectivity index (χ3v) is 1.55. The average Bonchev–Trinajstić information content (AvgIpc) is 2.04. The molecule has 68 valence electrons. The number of carbonyl (C=O) groups excluding carboxylic acids is 1. The number of carboxylic acids is 1. The summed E-state index contributed by atoms with van der Waals surface area (Å²) in [5.74, 6) is -1.54. The van der Waals surface area contributed by atoms with Gasteiger partial charge >= 0.3 is 5.97 Å². The van der Waals surface area contributed by atoms with Crippen LogP contribution in [0.4, 0.5) is 0 Å². The summed E-state index contributed by atoms with van der Waals surface area (Å²) in [5, 5.41) is 8.36. The van der Waals surface area contributed by atoms with Crippen molar-refractivity contribution >= 4 is 11.8 Å². The van der Waals surface area contributed by atoms with Gasteiger partial charge in [-0.25, -0.2) is 0 Å². The standard InChI is InChI=1S/C9H9NO3/c1-6-2-3-7(5-10-6)8(11)4-9(12)13/h2-3,5H,4H2,1H3,(H,12,13). The molecule has 1 N–H and O–H groups in total. The van der Waals surface area contributed by atoms with Gasteiger partial charge in [-0.2, -0.15) is 0 Å². The molecule has 1 aromatic rings. The minimum atomic E-state index is -1.12. The molecule has 0 atom stereocenters. The first kappa shape index (κ1) is 9.38. The Labute approximate surface area is 75.2 Å². The molecule has 0 unspecified atom stereocenters. The number of Topliss-reactive ketones (excluding diaryl/α,β-unsaturated/α-hetero) is 1. The van der Waals surface area contributed by atoms with Crippen LogP contribution in [0.3, 0.4) is 0 Å². The van der Waals surface area contributed by atoms with Crippen LogP contribution in [0.25, 0.3) is 0 Å². The van der Waals surface area contributed by atoms with Crippen molar-refractivity contribution in [3.63, 3.8) is 0 Å². The molecule has 13 heavy (non-hydrogen) atoms. The van der Waals surface area contributed by atoms with Crippen LogP contribution in [0.5, 0.6) is 0 Å². The van der Waals surface area contributed by atoms with Crippen LogP contribution < -0.4 is 0 Å². The van der Waals surface area contributed by atoms with E-state index in [1.807, 2.05) is 0 Å². The fraction of sp³-hybridized carbons (Fsp3) is 0.222. The number of carbonyl (C=O) groups is 2. The van der Waals surface area contributed by atoms with Gasteiger partial charge in [0.05, 0.1) is 0 Å². The summed E-state index contributed by atoms with van der Waals surface area (Å²) in [6.45, 7) is 1.80. The molecule has 0 spiro atoms. The van der Waals surface area contributed by atoms with Gasteiger partial charge in [0.2, 0.25) is 0 Å². The predicted molar refractivity (Wildman–Crippen MR) is 45.6 cm³/mol. The Morgan fingerprint density at radius 3 is 2.62 bits per heavy atom. The van der Waals surface area contributed by atoms with Crippen LogP contribution in [-0.4, -0.2) is 21.8 Å². The number of carboxylic acid groups (broad SMARTS) is 1. The quantitative estimate of drug-likeness (QED) is 0.556. The topological polar surface area (TPSA) is 67.3 Å². The predicted octanol–water partition coefficient (Wildman–Crippen LogP) is 1.05. The Balaban J connectivity index is 2.78. The minimum absolute atomic E-state index is 0.341. The smallest absolute Gasteiger partial charge is 0.311 e. The Morgan fingerprint density at radius 2 is 2.15 bits per heavy atom. The molecule has 0 radical (unpaired) electrons. The third kappa shape index (κ3) is 2.66. The van der Waals surface area contributed by atoms with Gasteiger partial charge in [0.25, 0.3) is 0 Å². The summed E-state index contributed by atoms with van der Waals surface area (Å²) in [6.07, 6.45) is 0.908. The normalized spacial score (nSPS) is 9.62. The fourth-order valence-electron chi connectivity index (χ4n) is 0.872. The van der Waals surface area contributed by atoms with Crippen molar-refractivity contribution in [1.29, 1.82) is 0 Å². The number of pyridine rings is 1. The molecular formula is C9H9NO3.